The third kappa shape index (κ3) is 6.00. The molecule has 8 heteroatoms. The van der Waals surface area contributed by atoms with Gasteiger partial charge in [-0.3, -0.25) is 9.13 Å². The molecule has 0 aliphatic rings. The van der Waals surface area contributed by atoms with Crippen LogP contribution in [0.2, 0.25) is 0 Å². The largest absolute Gasteiger partial charge is 0.335 e. The van der Waals surface area contributed by atoms with Crippen molar-refractivity contribution < 1.29 is 27.2 Å². The first-order chi connectivity index (χ1) is 13.4. The highest BCUT2D eigenvalue weighted by molar-refractivity contribution is 7.53. The molecule has 2 aromatic rings. The molecule has 0 bridgehead atoms. The molecule has 6 nitrogen and oxygen atoms in total. The standard InChI is InChI=1S/C20H30O6P2/c1-5-23-27(21,24-6-2)15-17-11-9-14-20-18(12-10-13-19(17)20)16-28(22,25-7-3)26-8-4/h9-14H,5-8,15-16H2,1-4H3. The third-order valence-electron chi connectivity index (χ3n) is 4.13. The minimum absolute atomic E-state index is 0.185. The number of benzene rings is 2. The molecule has 2 aromatic carbocycles. The van der Waals surface area contributed by atoms with E-state index in [1.54, 1.807) is 27.7 Å². The van der Waals surface area contributed by atoms with E-state index < -0.39 is 15.2 Å². The molecule has 0 radical (unpaired) electrons. The van der Waals surface area contributed by atoms with Crippen LogP contribution in [-0.2, 0) is 39.5 Å². The Bertz CT molecular complexity index is 776. The maximum atomic E-state index is 13.0. The van der Waals surface area contributed by atoms with Gasteiger partial charge in [0.1, 0.15) is 0 Å². The van der Waals surface area contributed by atoms with Crippen molar-refractivity contribution in [1.82, 2.24) is 0 Å². The van der Waals surface area contributed by atoms with Gasteiger partial charge >= 0.3 is 15.2 Å². The van der Waals surface area contributed by atoms with Gasteiger partial charge in [-0.1, -0.05) is 36.4 Å². The molecule has 0 heterocycles. The van der Waals surface area contributed by atoms with Gasteiger partial charge in [-0.2, -0.15) is 0 Å². The number of fused-ring (bicyclic) bond motifs is 1. The summed E-state index contributed by atoms with van der Waals surface area (Å²) in [4.78, 5) is 0. The fraction of sp³-hybridized carbons (Fsp3) is 0.500. The van der Waals surface area contributed by atoms with E-state index in [0.29, 0.717) is 26.4 Å². The zero-order valence-corrected chi connectivity index (χ0v) is 18.8. The summed E-state index contributed by atoms with van der Waals surface area (Å²) in [5.41, 5.74) is 1.74. The summed E-state index contributed by atoms with van der Waals surface area (Å²) in [6, 6.07) is 11.6. The van der Waals surface area contributed by atoms with E-state index in [2.05, 4.69) is 0 Å². The number of hydrogen-bond acceptors (Lipinski definition) is 6. The second kappa shape index (κ2) is 10.7. The summed E-state index contributed by atoms with van der Waals surface area (Å²) in [6.07, 6.45) is 0.369. The Morgan fingerprint density at radius 1 is 0.607 bits per heavy atom. The van der Waals surface area contributed by atoms with Gasteiger partial charge in [0.2, 0.25) is 0 Å². The van der Waals surface area contributed by atoms with E-state index >= 15 is 0 Å². The second-order valence-electron chi connectivity index (χ2n) is 6.14. The molecular formula is C20H30O6P2. The molecule has 28 heavy (non-hydrogen) atoms. The van der Waals surface area contributed by atoms with Crippen molar-refractivity contribution in [3.8, 4) is 0 Å². The van der Waals surface area contributed by atoms with Crippen molar-refractivity contribution in [3.63, 3.8) is 0 Å². The Kier molecular flexibility index (Phi) is 8.88. The predicted octanol–water partition coefficient (Wildman–Crippen LogP) is 6.37. The lowest BCUT2D eigenvalue weighted by Gasteiger charge is -2.20. The second-order valence-corrected chi connectivity index (χ2v) is 10.2. The van der Waals surface area contributed by atoms with Gasteiger partial charge in [-0.25, -0.2) is 0 Å². The van der Waals surface area contributed by atoms with Crippen LogP contribution >= 0.6 is 15.2 Å². The lowest BCUT2D eigenvalue weighted by atomic mass is 10.0. The van der Waals surface area contributed by atoms with Crippen LogP contribution in [0.5, 0.6) is 0 Å². The van der Waals surface area contributed by atoms with E-state index in [1.165, 1.54) is 0 Å². The minimum atomic E-state index is -3.23. The summed E-state index contributed by atoms with van der Waals surface area (Å²) in [7, 11) is -6.45. The maximum Gasteiger partial charge on any atom is 0.335 e. The lowest BCUT2D eigenvalue weighted by molar-refractivity contribution is 0.218. The summed E-state index contributed by atoms with van der Waals surface area (Å²) in [5, 5.41) is 1.86. The van der Waals surface area contributed by atoms with Gasteiger partial charge in [-0.05, 0) is 49.6 Å². The smallest absolute Gasteiger partial charge is 0.309 e. The van der Waals surface area contributed by atoms with Crippen LogP contribution in [0.4, 0.5) is 0 Å². The normalized spacial score (nSPS) is 12.6. The quantitative estimate of drug-likeness (QED) is 0.366. The van der Waals surface area contributed by atoms with Crippen molar-refractivity contribution in [2.24, 2.45) is 0 Å². The van der Waals surface area contributed by atoms with Crippen LogP contribution in [0.3, 0.4) is 0 Å². The molecule has 0 aliphatic heterocycles. The first kappa shape index (κ1) is 23.3. The van der Waals surface area contributed by atoms with Gasteiger partial charge in [0.05, 0.1) is 38.8 Å². The summed E-state index contributed by atoms with van der Waals surface area (Å²) >= 11 is 0. The van der Waals surface area contributed by atoms with Crippen LogP contribution in [0.25, 0.3) is 10.8 Å². The molecule has 156 valence electrons. The highest BCUT2D eigenvalue weighted by Gasteiger charge is 2.27. The van der Waals surface area contributed by atoms with E-state index in [1.807, 2.05) is 36.4 Å². The fourth-order valence-electron chi connectivity index (χ4n) is 3.18. The molecule has 0 aromatic heterocycles. The average molecular weight is 428 g/mol. The Morgan fingerprint density at radius 3 is 1.21 bits per heavy atom. The first-order valence-electron chi connectivity index (χ1n) is 9.66. The molecule has 2 rings (SSSR count). The van der Waals surface area contributed by atoms with Crippen molar-refractivity contribution >= 4 is 26.0 Å². The average Bonchev–Trinajstić information content (AvgIpc) is 2.63. The molecule has 0 amide bonds. The molecule has 0 atom stereocenters. The predicted molar refractivity (Wildman–Crippen MR) is 113 cm³/mol. The van der Waals surface area contributed by atoms with Crippen LogP contribution in [0.15, 0.2) is 36.4 Å². The van der Waals surface area contributed by atoms with Gasteiger partial charge < -0.3 is 18.1 Å². The van der Waals surface area contributed by atoms with Crippen molar-refractivity contribution in [2.75, 3.05) is 26.4 Å². The summed E-state index contributed by atoms with van der Waals surface area (Å²) in [6.45, 7) is 8.46. The van der Waals surface area contributed by atoms with Gasteiger partial charge in [0.15, 0.2) is 0 Å². The molecule has 0 unspecified atom stereocenters. The zero-order chi connectivity index (χ0) is 20.6. The highest BCUT2D eigenvalue weighted by Crippen LogP contribution is 2.54. The first-order valence-corrected chi connectivity index (χ1v) is 13.1. The number of hydrogen-bond donors (Lipinski definition) is 0. The minimum Gasteiger partial charge on any atom is -0.309 e. The van der Waals surface area contributed by atoms with Crippen LogP contribution in [0.1, 0.15) is 38.8 Å². The Balaban J connectivity index is 2.44. The molecule has 0 aliphatic carbocycles. The third-order valence-corrected chi connectivity index (χ3v) is 8.20. The Labute approximate surface area is 167 Å². The summed E-state index contributed by atoms with van der Waals surface area (Å²) < 4.78 is 47.7. The lowest BCUT2D eigenvalue weighted by Crippen LogP contribution is -2.01. The molecular weight excluding hydrogens is 398 g/mol. The van der Waals surface area contributed by atoms with Gasteiger partial charge in [0.25, 0.3) is 0 Å². The molecule has 0 N–H and O–H groups in total. The van der Waals surface area contributed by atoms with E-state index in [9.17, 15) is 9.13 Å². The van der Waals surface area contributed by atoms with Gasteiger partial charge in [-0.15, -0.1) is 0 Å². The van der Waals surface area contributed by atoms with Crippen LogP contribution in [-0.4, -0.2) is 26.4 Å². The molecule has 0 fully saturated rings. The zero-order valence-electron chi connectivity index (χ0n) is 17.1. The van der Waals surface area contributed by atoms with Crippen LogP contribution < -0.4 is 0 Å². The van der Waals surface area contributed by atoms with Crippen molar-refractivity contribution in [1.29, 1.82) is 0 Å². The van der Waals surface area contributed by atoms with E-state index in [-0.39, 0.29) is 12.3 Å². The van der Waals surface area contributed by atoms with Crippen molar-refractivity contribution in [2.45, 2.75) is 40.0 Å². The SMILES string of the molecule is CCOP(=O)(Cc1cccc2c(CP(=O)(OCC)OCC)cccc12)OCC. The van der Waals surface area contributed by atoms with Crippen LogP contribution in [0, 0.1) is 0 Å². The summed E-state index contributed by atoms with van der Waals surface area (Å²) in [5.74, 6) is 0. The van der Waals surface area contributed by atoms with E-state index in [4.69, 9.17) is 18.1 Å². The van der Waals surface area contributed by atoms with E-state index in [0.717, 1.165) is 21.9 Å². The monoisotopic (exact) mass is 428 g/mol. The molecule has 0 saturated heterocycles. The Morgan fingerprint density at radius 2 is 0.929 bits per heavy atom. The van der Waals surface area contributed by atoms with Gasteiger partial charge in [0, 0.05) is 0 Å². The maximum absolute atomic E-state index is 13.0. The molecule has 0 spiro atoms. The Hall–Kier alpha value is -1.00. The molecule has 0 saturated carbocycles. The highest BCUT2D eigenvalue weighted by atomic mass is 31.2. The number of rotatable bonds is 12. The fourth-order valence-corrected chi connectivity index (χ4v) is 6.65. The topological polar surface area (TPSA) is 71.1 Å². The van der Waals surface area contributed by atoms with Crippen molar-refractivity contribution in [3.05, 3.63) is 47.5 Å².